The van der Waals surface area contributed by atoms with Gasteiger partial charge >= 0.3 is 93.3 Å². The second-order valence-electron chi connectivity index (χ2n) is 2.61. The zero-order valence-electron chi connectivity index (χ0n) is 7.94. The minimum atomic E-state index is 0.764. The molecule has 0 aliphatic heterocycles. The van der Waals surface area contributed by atoms with Crippen LogP contribution in [0.5, 0.6) is 0 Å². The summed E-state index contributed by atoms with van der Waals surface area (Å²) in [5.41, 5.74) is 1.32. The van der Waals surface area contributed by atoms with E-state index in [0.717, 1.165) is 33.6 Å². The van der Waals surface area contributed by atoms with Gasteiger partial charge in [-0.05, 0) is 0 Å². The summed E-state index contributed by atoms with van der Waals surface area (Å²) in [5, 5.41) is 0. The molecule has 0 nitrogen and oxygen atoms in total. The van der Waals surface area contributed by atoms with Crippen LogP contribution in [0.25, 0.3) is 6.08 Å². The molecule has 0 saturated carbocycles. The van der Waals surface area contributed by atoms with Gasteiger partial charge in [0, 0.05) is 0 Å². The Morgan fingerprint density at radius 3 is 2.23 bits per heavy atom. The van der Waals surface area contributed by atoms with Crippen molar-refractivity contribution in [3.63, 3.8) is 0 Å². The molecule has 0 aromatic heterocycles. The molecule has 0 N–H and O–H groups in total. The number of hydrogen-bond acceptors (Lipinski definition) is 0. The molecule has 0 radical (unpaired) electrons. The van der Waals surface area contributed by atoms with Crippen LogP contribution >= 0.6 is 0 Å². The summed E-state index contributed by atoms with van der Waals surface area (Å²) >= 11 is 1.53. The van der Waals surface area contributed by atoms with Gasteiger partial charge in [-0.1, -0.05) is 0 Å². The van der Waals surface area contributed by atoms with Gasteiger partial charge in [-0.15, -0.1) is 0 Å². The zero-order valence-corrected chi connectivity index (χ0v) is 11.4. The standard InChI is InChI=1S/C11H14Se2/c1-12-11(13-2)9-8-10-6-4-3-5-7-10/h3-9,11H,1-2H3/b9-8+. The fourth-order valence-corrected chi connectivity index (χ4v) is 4.50. The van der Waals surface area contributed by atoms with E-state index in [1.807, 2.05) is 0 Å². The Kier molecular flexibility index (Phi) is 5.50. The number of benzene rings is 1. The van der Waals surface area contributed by atoms with E-state index in [1.165, 1.54) is 5.56 Å². The third-order valence-electron chi connectivity index (χ3n) is 1.71. The van der Waals surface area contributed by atoms with Gasteiger partial charge in [0.05, 0.1) is 0 Å². The van der Waals surface area contributed by atoms with Crippen LogP contribution in [0.4, 0.5) is 0 Å². The van der Waals surface area contributed by atoms with Crippen LogP contribution in [-0.2, 0) is 0 Å². The van der Waals surface area contributed by atoms with Crippen LogP contribution in [-0.4, -0.2) is 29.9 Å². The summed E-state index contributed by atoms with van der Waals surface area (Å²) in [7, 11) is 0. The second-order valence-corrected chi connectivity index (χ2v) is 8.23. The Bertz CT molecular complexity index is 250. The molecule has 2 heteroatoms. The molecule has 0 atom stereocenters. The minimum absolute atomic E-state index is 0.764. The van der Waals surface area contributed by atoms with Gasteiger partial charge in [0.1, 0.15) is 0 Å². The summed E-state index contributed by atoms with van der Waals surface area (Å²) in [6, 6.07) is 10.5. The molecule has 1 aromatic carbocycles. The summed E-state index contributed by atoms with van der Waals surface area (Å²) in [6.07, 6.45) is 4.62. The maximum atomic E-state index is 2.37. The molecule has 70 valence electrons. The quantitative estimate of drug-likeness (QED) is 0.750. The first kappa shape index (κ1) is 11.1. The van der Waals surface area contributed by atoms with E-state index in [1.54, 1.807) is 0 Å². The van der Waals surface area contributed by atoms with Crippen LogP contribution in [0.3, 0.4) is 0 Å². The predicted molar refractivity (Wildman–Crippen MR) is 62.5 cm³/mol. The fraction of sp³-hybridized carbons (Fsp3) is 0.273. The molecular weight excluding hydrogens is 290 g/mol. The molecule has 0 bridgehead atoms. The molecule has 0 spiro atoms. The van der Waals surface area contributed by atoms with Crippen LogP contribution < -0.4 is 0 Å². The Hall–Kier alpha value is -0.00104. The van der Waals surface area contributed by atoms with Crippen molar-refractivity contribution < 1.29 is 0 Å². The van der Waals surface area contributed by atoms with Crippen LogP contribution in [0, 0.1) is 0 Å². The Morgan fingerprint density at radius 2 is 1.69 bits per heavy atom. The van der Waals surface area contributed by atoms with E-state index in [0.29, 0.717) is 0 Å². The van der Waals surface area contributed by atoms with Crippen molar-refractivity contribution in [2.45, 2.75) is 15.4 Å². The van der Waals surface area contributed by atoms with E-state index < -0.39 is 0 Å². The second kappa shape index (κ2) is 6.45. The van der Waals surface area contributed by atoms with Crippen LogP contribution in [0.2, 0.25) is 15.4 Å². The summed E-state index contributed by atoms with van der Waals surface area (Å²) < 4.78 is 0.861. The molecule has 13 heavy (non-hydrogen) atoms. The zero-order chi connectivity index (χ0) is 9.52. The molecule has 1 aromatic rings. The molecule has 0 unspecified atom stereocenters. The molecular formula is C11H14Se2. The molecule has 0 aliphatic carbocycles. The van der Waals surface area contributed by atoms with Gasteiger partial charge in [0.2, 0.25) is 0 Å². The average molecular weight is 304 g/mol. The molecule has 0 aliphatic rings. The average Bonchev–Trinajstić information content (AvgIpc) is 2.21. The normalized spacial score (nSPS) is 11.3. The van der Waals surface area contributed by atoms with Crippen molar-refractivity contribution in [3.8, 4) is 0 Å². The fourth-order valence-electron chi connectivity index (χ4n) is 1.01. The number of hydrogen-bond donors (Lipinski definition) is 0. The van der Waals surface area contributed by atoms with E-state index in [4.69, 9.17) is 0 Å². The predicted octanol–water partition coefficient (Wildman–Crippen LogP) is 2.95. The molecule has 0 fully saturated rings. The molecule has 0 amide bonds. The summed E-state index contributed by atoms with van der Waals surface area (Å²) in [5.74, 6) is 4.64. The number of rotatable bonds is 4. The van der Waals surface area contributed by atoms with Crippen molar-refractivity contribution in [2.75, 3.05) is 0 Å². The maximum absolute atomic E-state index is 2.37. The van der Waals surface area contributed by atoms with Crippen molar-refractivity contribution >= 4 is 36.0 Å². The van der Waals surface area contributed by atoms with Crippen molar-refractivity contribution in [3.05, 3.63) is 42.0 Å². The Labute approximate surface area is 93.1 Å². The van der Waals surface area contributed by atoms with Gasteiger partial charge < -0.3 is 0 Å². The molecule has 1 rings (SSSR count). The van der Waals surface area contributed by atoms with Crippen molar-refractivity contribution in [2.24, 2.45) is 0 Å². The third-order valence-corrected chi connectivity index (χ3v) is 8.52. The Morgan fingerprint density at radius 1 is 1.08 bits per heavy atom. The first-order chi connectivity index (χ1) is 6.36. The van der Waals surface area contributed by atoms with E-state index >= 15 is 0 Å². The first-order valence-corrected chi connectivity index (χ1v) is 9.56. The third kappa shape index (κ3) is 4.15. The van der Waals surface area contributed by atoms with E-state index in [-0.39, 0.29) is 0 Å². The van der Waals surface area contributed by atoms with Gasteiger partial charge in [0.25, 0.3) is 0 Å². The monoisotopic (exact) mass is 306 g/mol. The van der Waals surface area contributed by atoms with Gasteiger partial charge in [-0.3, -0.25) is 0 Å². The number of allylic oxidation sites excluding steroid dienone is 1. The van der Waals surface area contributed by atoms with Crippen molar-refractivity contribution in [1.82, 2.24) is 0 Å². The Balaban J connectivity index is 2.57. The van der Waals surface area contributed by atoms with Gasteiger partial charge in [-0.25, -0.2) is 0 Å². The van der Waals surface area contributed by atoms with Gasteiger partial charge in [-0.2, -0.15) is 0 Å². The molecule has 0 heterocycles. The van der Waals surface area contributed by atoms with Crippen LogP contribution in [0.15, 0.2) is 36.4 Å². The van der Waals surface area contributed by atoms with Crippen LogP contribution in [0.1, 0.15) is 5.56 Å². The topological polar surface area (TPSA) is 0 Å². The van der Waals surface area contributed by atoms with Crippen molar-refractivity contribution in [1.29, 1.82) is 0 Å². The van der Waals surface area contributed by atoms with Gasteiger partial charge in [0.15, 0.2) is 0 Å². The first-order valence-electron chi connectivity index (χ1n) is 4.15. The summed E-state index contributed by atoms with van der Waals surface area (Å²) in [4.78, 5) is 0. The summed E-state index contributed by atoms with van der Waals surface area (Å²) in [6.45, 7) is 0. The SMILES string of the molecule is C[Se]C(/C=C/c1ccccc1)[Se]C. The molecule has 0 saturated heterocycles. The van der Waals surface area contributed by atoms with E-state index in [9.17, 15) is 0 Å². The van der Waals surface area contributed by atoms with E-state index in [2.05, 4.69) is 54.1 Å².